The summed E-state index contributed by atoms with van der Waals surface area (Å²) in [5, 5.41) is 0. The summed E-state index contributed by atoms with van der Waals surface area (Å²) in [5.74, 6) is -0.865. The van der Waals surface area contributed by atoms with E-state index >= 15 is 0 Å². The predicted octanol–water partition coefficient (Wildman–Crippen LogP) is 5.42. The lowest BCUT2D eigenvalue weighted by molar-refractivity contribution is -0.187. The molecule has 1 unspecified atom stereocenters. The Hall–Kier alpha value is -1.98. The van der Waals surface area contributed by atoms with Gasteiger partial charge in [-0.2, -0.15) is 13.2 Å². The van der Waals surface area contributed by atoms with Crippen molar-refractivity contribution in [3.8, 4) is 5.75 Å². The first kappa shape index (κ1) is 20.3. The second kappa shape index (κ2) is 7.72. The van der Waals surface area contributed by atoms with Gasteiger partial charge < -0.3 is 9.47 Å². The van der Waals surface area contributed by atoms with Gasteiger partial charge in [0.25, 0.3) is 0 Å². The zero-order chi connectivity index (χ0) is 19.5. The predicted molar refractivity (Wildman–Crippen MR) is 94.1 cm³/mol. The quantitative estimate of drug-likeness (QED) is 0.627. The first-order valence-electron chi connectivity index (χ1n) is 8.86. The molecule has 26 heavy (non-hydrogen) atoms. The van der Waals surface area contributed by atoms with Crippen molar-refractivity contribution in [2.45, 2.75) is 64.7 Å². The fourth-order valence-electron chi connectivity index (χ4n) is 3.00. The molecule has 0 aromatic heterocycles. The molecule has 0 fully saturated rings. The summed E-state index contributed by atoms with van der Waals surface area (Å²) in [4.78, 5) is 11.9. The highest BCUT2D eigenvalue weighted by Gasteiger charge is 2.48. The molecule has 0 spiro atoms. The molecule has 0 bridgehead atoms. The van der Waals surface area contributed by atoms with Crippen LogP contribution in [0.3, 0.4) is 0 Å². The maximum Gasteiger partial charge on any atom is 0.430 e. The number of fused-ring (bicyclic) bond motifs is 1. The average Bonchev–Trinajstić information content (AvgIpc) is 2.57. The van der Waals surface area contributed by atoms with Crippen LogP contribution in [-0.4, -0.2) is 24.9 Å². The van der Waals surface area contributed by atoms with Gasteiger partial charge in [0.05, 0.1) is 12.2 Å². The molecule has 0 saturated carbocycles. The van der Waals surface area contributed by atoms with Crippen LogP contribution in [0.25, 0.3) is 6.08 Å². The minimum Gasteiger partial charge on any atom is -0.475 e. The molecule has 1 atom stereocenters. The van der Waals surface area contributed by atoms with E-state index in [1.165, 1.54) is 6.08 Å². The summed E-state index contributed by atoms with van der Waals surface area (Å²) < 4.78 is 50.2. The van der Waals surface area contributed by atoms with Gasteiger partial charge in [0.15, 0.2) is 0 Å². The van der Waals surface area contributed by atoms with Gasteiger partial charge in [0, 0.05) is 5.56 Å². The molecule has 2 rings (SSSR count). The SMILES string of the molecule is CCCCC(C)(C)c1ccc2c(c1)OC(C(F)(F)F)C(C(=O)OCC)=C2. The Kier molecular flexibility index (Phi) is 6.04. The van der Waals surface area contributed by atoms with E-state index in [9.17, 15) is 18.0 Å². The van der Waals surface area contributed by atoms with Crippen molar-refractivity contribution in [3.63, 3.8) is 0 Å². The van der Waals surface area contributed by atoms with Gasteiger partial charge in [-0.15, -0.1) is 0 Å². The third-order valence-electron chi connectivity index (χ3n) is 4.60. The molecule has 0 radical (unpaired) electrons. The third kappa shape index (κ3) is 4.40. The Morgan fingerprint density at radius 3 is 2.50 bits per heavy atom. The van der Waals surface area contributed by atoms with Gasteiger partial charge in [-0.3, -0.25) is 0 Å². The summed E-state index contributed by atoms with van der Waals surface area (Å²) in [6, 6.07) is 5.23. The number of benzene rings is 1. The molecular weight excluding hydrogens is 345 g/mol. The summed E-state index contributed by atoms with van der Waals surface area (Å²) in [6.45, 7) is 7.77. The lowest BCUT2D eigenvalue weighted by atomic mass is 9.79. The van der Waals surface area contributed by atoms with Crippen LogP contribution in [0.4, 0.5) is 13.2 Å². The van der Waals surface area contributed by atoms with Gasteiger partial charge in [-0.25, -0.2) is 4.79 Å². The van der Waals surface area contributed by atoms with Crippen molar-refractivity contribution in [1.29, 1.82) is 0 Å². The van der Waals surface area contributed by atoms with E-state index in [2.05, 4.69) is 20.8 Å². The summed E-state index contributed by atoms with van der Waals surface area (Å²) in [6.07, 6.45) is -2.80. The number of ether oxygens (including phenoxy) is 2. The fraction of sp³-hybridized carbons (Fsp3) is 0.550. The zero-order valence-electron chi connectivity index (χ0n) is 15.6. The Balaban J connectivity index is 2.43. The first-order valence-corrected chi connectivity index (χ1v) is 8.86. The number of carbonyl (C=O) groups is 1. The molecule has 1 aliphatic heterocycles. The Morgan fingerprint density at radius 1 is 1.23 bits per heavy atom. The molecule has 1 aromatic rings. The van der Waals surface area contributed by atoms with Crippen LogP contribution in [0, 0.1) is 0 Å². The van der Waals surface area contributed by atoms with Crippen LogP contribution < -0.4 is 4.74 Å². The zero-order valence-corrected chi connectivity index (χ0v) is 15.6. The van der Waals surface area contributed by atoms with Gasteiger partial charge >= 0.3 is 12.1 Å². The van der Waals surface area contributed by atoms with Crippen molar-refractivity contribution in [3.05, 3.63) is 34.9 Å². The van der Waals surface area contributed by atoms with E-state index in [0.717, 1.165) is 24.8 Å². The largest absolute Gasteiger partial charge is 0.475 e. The molecule has 0 amide bonds. The molecule has 1 aliphatic rings. The van der Waals surface area contributed by atoms with Crippen LogP contribution in [0.5, 0.6) is 5.75 Å². The van der Waals surface area contributed by atoms with Gasteiger partial charge in [-0.05, 0) is 36.5 Å². The lowest BCUT2D eigenvalue weighted by Gasteiger charge is -2.30. The van der Waals surface area contributed by atoms with Crippen molar-refractivity contribution in [2.24, 2.45) is 0 Å². The first-order chi connectivity index (χ1) is 12.1. The number of hydrogen-bond donors (Lipinski definition) is 0. The van der Waals surface area contributed by atoms with E-state index in [4.69, 9.17) is 9.47 Å². The van der Waals surface area contributed by atoms with E-state index in [-0.39, 0.29) is 17.8 Å². The van der Waals surface area contributed by atoms with Crippen LogP contribution in [-0.2, 0) is 14.9 Å². The summed E-state index contributed by atoms with van der Waals surface area (Å²) >= 11 is 0. The molecule has 0 N–H and O–H groups in total. The van der Waals surface area contributed by atoms with Gasteiger partial charge in [0.2, 0.25) is 6.10 Å². The van der Waals surface area contributed by atoms with Gasteiger partial charge in [0.1, 0.15) is 5.75 Å². The molecular formula is C20H25F3O3. The monoisotopic (exact) mass is 370 g/mol. The molecule has 0 saturated heterocycles. The third-order valence-corrected chi connectivity index (χ3v) is 4.60. The molecule has 0 aliphatic carbocycles. The van der Waals surface area contributed by atoms with Crippen LogP contribution >= 0.6 is 0 Å². The standard InChI is InChI=1S/C20H25F3O3/c1-5-7-10-19(3,4)14-9-8-13-11-15(18(24)25-6-2)17(20(21,22)23)26-16(13)12-14/h8-9,11-12,17H,5-7,10H2,1-4H3. The number of rotatable bonds is 6. The Bertz CT molecular complexity index is 690. The van der Waals surface area contributed by atoms with Gasteiger partial charge in [-0.1, -0.05) is 45.7 Å². The molecule has 1 heterocycles. The second-order valence-corrected chi connectivity index (χ2v) is 7.10. The average molecular weight is 370 g/mol. The van der Waals surface area contributed by atoms with Crippen LogP contribution in [0.15, 0.2) is 23.8 Å². The molecule has 3 nitrogen and oxygen atoms in total. The van der Waals surface area contributed by atoms with E-state index in [1.54, 1.807) is 19.1 Å². The normalized spacial score (nSPS) is 17.2. The fourth-order valence-corrected chi connectivity index (χ4v) is 3.00. The minimum absolute atomic E-state index is 0.00182. The minimum atomic E-state index is -4.70. The summed E-state index contributed by atoms with van der Waals surface area (Å²) in [7, 11) is 0. The van der Waals surface area contributed by atoms with Crippen molar-refractivity contribution in [2.75, 3.05) is 6.61 Å². The number of hydrogen-bond acceptors (Lipinski definition) is 3. The Labute approximate surface area is 152 Å². The van der Waals surface area contributed by atoms with Crippen LogP contribution in [0.1, 0.15) is 58.1 Å². The highest BCUT2D eigenvalue weighted by atomic mass is 19.4. The number of alkyl halides is 3. The van der Waals surface area contributed by atoms with Crippen LogP contribution in [0.2, 0.25) is 0 Å². The van der Waals surface area contributed by atoms with Crippen molar-refractivity contribution < 1.29 is 27.4 Å². The Morgan fingerprint density at radius 2 is 1.92 bits per heavy atom. The highest BCUT2D eigenvalue weighted by Crippen LogP contribution is 2.40. The number of halogens is 3. The van der Waals surface area contributed by atoms with E-state index < -0.39 is 23.8 Å². The molecule has 1 aromatic carbocycles. The second-order valence-electron chi connectivity index (χ2n) is 7.10. The molecule has 144 valence electrons. The number of unbranched alkanes of at least 4 members (excludes halogenated alkanes) is 1. The molecule has 6 heteroatoms. The van der Waals surface area contributed by atoms with Crippen molar-refractivity contribution in [1.82, 2.24) is 0 Å². The number of carbonyl (C=O) groups excluding carboxylic acids is 1. The summed E-state index contributed by atoms with van der Waals surface area (Å²) in [5.41, 5.74) is 0.667. The maximum atomic E-state index is 13.4. The lowest BCUT2D eigenvalue weighted by Crippen LogP contribution is -2.40. The number of esters is 1. The highest BCUT2D eigenvalue weighted by molar-refractivity contribution is 5.96. The van der Waals surface area contributed by atoms with Crippen molar-refractivity contribution >= 4 is 12.0 Å². The topological polar surface area (TPSA) is 35.5 Å². The maximum absolute atomic E-state index is 13.4. The van der Waals surface area contributed by atoms with E-state index in [0.29, 0.717) is 5.56 Å². The smallest absolute Gasteiger partial charge is 0.430 e. The van der Waals surface area contributed by atoms with E-state index in [1.807, 2.05) is 6.07 Å².